The van der Waals surface area contributed by atoms with Crippen LogP contribution in [0.3, 0.4) is 0 Å². The van der Waals surface area contributed by atoms with Crippen LogP contribution in [0.25, 0.3) is 0 Å². The molecule has 5 heteroatoms. The van der Waals surface area contributed by atoms with Crippen molar-refractivity contribution in [3.63, 3.8) is 0 Å². The van der Waals surface area contributed by atoms with E-state index in [1.807, 2.05) is 12.1 Å². The molecule has 1 heterocycles. The molecule has 4 nitrogen and oxygen atoms in total. The Hall–Kier alpha value is -2.40. The molecule has 0 saturated carbocycles. The molecule has 2 aromatic carbocycles. The average molecular weight is 441 g/mol. The molecule has 1 fully saturated rings. The van der Waals surface area contributed by atoms with Gasteiger partial charge in [0.05, 0.1) is 14.2 Å². The summed E-state index contributed by atoms with van der Waals surface area (Å²) in [7, 11) is 3.31. The van der Waals surface area contributed by atoms with Gasteiger partial charge < -0.3 is 14.4 Å². The standard InChI is InChI=1S/C27H35FNO3/c1-5-24(12-6-19(2)22-9-13-25(31-3)26(18-22)32-4)29-16-14-21(15-17-29)27(30)20-7-10-23(28)11-8-20/h7-11,13,18,21,24H,5-6,12,14-17H2,1-4H3. The predicted octanol–water partition coefficient (Wildman–Crippen LogP) is 5.94. The Balaban J connectivity index is 1.52. The van der Waals surface area contributed by atoms with Crippen LogP contribution in [0, 0.1) is 17.7 Å². The second-order valence-corrected chi connectivity index (χ2v) is 8.63. The van der Waals surface area contributed by atoms with Gasteiger partial charge >= 0.3 is 0 Å². The van der Waals surface area contributed by atoms with Crippen LogP contribution in [0.4, 0.5) is 4.39 Å². The zero-order valence-corrected chi connectivity index (χ0v) is 19.7. The minimum absolute atomic E-state index is 0.0364. The lowest BCUT2D eigenvalue weighted by Crippen LogP contribution is -2.42. The van der Waals surface area contributed by atoms with E-state index in [0.29, 0.717) is 11.6 Å². The number of rotatable bonds is 10. The van der Waals surface area contributed by atoms with E-state index in [-0.39, 0.29) is 17.5 Å². The predicted molar refractivity (Wildman–Crippen MR) is 126 cm³/mol. The summed E-state index contributed by atoms with van der Waals surface area (Å²) in [5.41, 5.74) is 1.80. The van der Waals surface area contributed by atoms with Crippen molar-refractivity contribution in [1.82, 2.24) is 4.90 Å². The zero-order chi connectivity index (χ0) is 23.1. The third-order valence-corrected chi connectivity index (χ3v) is 6.75. The van der Waals surface area contributed by atoms with E-state index in [2.05, 4.69) is 24.8 Å². The molecule has 173 valence electrons. The number of piperidine rings is 1. The van der Waals surface area contributed by atoms with Gasteiger partial charge in [-0.2, -0.15) is 0 Å². The van der Waals surface area contributed by atoms with Crippen LogP contribution >= 0.6 is 0 Å². The molecule has 0 bridgehead atoms. The minimum Gasteiger partial charge on any atom is -0.493 e. The van der Waals surface area contributed by atoms with Gasteiger partial charge in [-0.1, -0.05) is 19.9 Å². The number of halogens is 1. The first-order valence-electron chi connectivity index (χ1n) is 11.6. The largest absolute Gasteiger partial charge is 0.493 e. The van der Waals surface area contributed by atoms with Crippen LogP contribution in [-0.4, -0.2) is 44.0 Å². The molecular weight excluding hydrogens is 405 g/mol. The van der Waals surface area contributed by atoms with Crippen LogP contribution in [0.2, 0.25) is 0 Å². The lowest BCUT2D eigenvalue weighted by atomic mass is 9.87. The summed E-state index contributed by atoms with van der Waals surface area (Å²) in [6, 6.07) is 12.5. The third-order valence-electron chi connectivity index (χ3n) is 6.75. The number of hydrogen-bond donors (Lipinski definition) is 0. The summed E-state index contributed by atoms with van der Waals surface area (Å²) in [4.78, 5) is 15.3. The van der Waals surface area contributed by atoms with Crippen molar-refractivity contribution in [2.45, 2.75) is 52.0 Å². The molecule has 1 aliphatic heterocycles. The van der Waals surface area contributed by atoms with Crippen molar-refractivity contribution in [2.24, 2.45) is 5.92 Å². The van der Waals surface area contributed by atoms with Crippen molar-refractivity contribution in [1.29, 1.82) is 0 Å². The molecule has 1 radical (unpaired) electrons. The molecule has 0 aromatic heterocycles. The topological polar surface area (TPSA) is 38.8 Å². The van der Waals surface area contributed by atoms with Gasteiger partial charge in [0, 0.05) is 23.4 Å². The van der Waals surface area contributed by atoms with Crippen molar-refractivity contribution < 1.29 is 18.7 Å². The number of nitrogens with zero attached hydrogens (tertiary/aromatic N) is 1. The number of benzene rings is 2. The number of Topliss-reactive ketones (excluding diaryl/α,β-unsaturated/α-hetero) is 1. The second kappa shape index (κ2) is 11.5. The molecule has 1 saturated heterocycles. The summed E-state index contributed by atoms with van der Waals surface area (Å²) in [6.07, 6.45) is 4.93. The summed E-state index contributed by atoms with van der Waals surface area (Å²) < 4.78 is 23.9. The second-order valence-electron chi connectivity index (χ2n) is 8.63. The molecule has 0 amide bonds. The zero-order valence-electron chi connectivity index (χ0n) is 19.7. The normalized spacial score (nSPS) is 16.2. The van der Waals surface area contributed by atoms with Gasteiger partial charge in [0.2, 0.25) is 0 Å². The Morgan fingerprint density at radius 1 is 1.03 bits per heavy atom. The Morgan fingerprint density at radius 2 is 1.66 bits per heavy atom. The number of ketones is 1. The van der Waals surface area contributed by atoms with Crippen molar-refractivity contribution in [3.05, 3.63) is 65.3 Å². The van der Waals surface area contributed by atoms with E-state index in [4.69, 9.17) is 9.47 Å². The van der Waals surface area contributed by atoms with E-state index in [0.717, 1.165) is 56.7 Å². The fourth-order valence-electron chi connectivity index (χ4n) is 4.65. The molecule has 3 rings (SSSR count). The van der Waals surface area contributed by atoms with Gasteiger partial charge in [-0.15, -0.1) is 0 Å². The van der Waals surface area contributed by atoms with E-state index in [1.165, 1.54) is 23.6 Å². The highest BCUT2D eigenvalue weighted by molar-refractivity contribution is 5.97. The molecule has 0 spiro atoms. The van der Waals surface area contributed by atoms with Crippen molar-refractivity contribution in [2.75, 3.05) is 27.3 Å². The van der Waals surface area contributed by atoms with Crippen molar-refractivity contribution >= 4 is 5.78 Å². The molecule has 1 unspecified atom stereocenters. The summed E-state index contributed by atoms with van der Waals surface area (Å²) in [5.74, 6) is 2.72. The first kappa shape index (κ1) is 24.2. The quantitative estimate of drug-likeness (QED) is 0.429. The van der Waals surface area contributed by atoms with Gasteiger partial charge in [0.1, 0.15) is 5.82 Å². The van der Waals surface area contributed by atoms with Crippen LogP contribution < -0.4 is 9.47 Å². The van der Waals surface area contributed by atoms with Gasteiger partial charge in [-0.25, -0.2) is 4.39 Å². The Kier molecular flexibility index (Phi) is 8.68. The Bertz CT molecular complexity index is 875. The summed E-state index contributed by atoms with van der Waals surface area (Å²) in [6.45, 7) is 6.30. The molecule has 1 atom stereocenters. The first-order chi connectivity index (χ1) is 15.5. The van der Waals surface area contributed by atoms with Gasteiger partial charge in [-0.3, -0.25) is 4.79 Å². The molecule has 1 aliphatic rings. The SMILES string of the molecule is CCC(CC[C](C)c1ccc(OC)c(OC)c1)N1CCC(C(=O)c2ccc(F)cc2)CC1. The van der Waals surface area contributed by atoms with Gasteiger partial charge in [-0.05, 0) is 87.2 Å². The maximum atomic E-state index is 13.1. The number of likely N-dealkylation sites (tertiary alicyclic amines) is 1. The minimum atomic E-state index is -0.303. The monoisotopic (exact) mass is 440 g/mol. The van der Waals surface area contributed by atoms with E-state index in [9.17, 15) is 9.18 Å². The fraction of sp³-hybridized carbons (Fsp3) is 0.481. The number of carbonyl (C=O) groups is 1. The van der Waals surface area contributed by atoms with Crippen LogP contribution in [0.1, 0.15) is 61.9 Å². The highest BCUT2D eigenvalue weighted by Gasteiger charge is 2.29. The molecule has 0 N–H and O–H groups in total. The lowest BCUT2D eigenvalue weighted by Gasteiger charge is -2.37. The molecule has 0 aliphatic carbocycles. The molecule has 2 aromatic rings. The number of carbonyl (C=O) groups excluding carboxylic acids is 1. The highest BCUT2D eigenvalue weighted by Crippen LogP contribution is 2.33. The Morgan fingerprint density at radius 3 is 2.25 bits per heavy atom. The van der Waals surface area contributed by atoms with E-state index < -0.39 is 0 Å². The van der Waals surface area contributed by atoms with Crippen LogP contribution in [-0.2, 0) is 0 Å². The van der Waals surface area contributed by atoms with Crippen LogP contribution in [0.15, 0.2) is 42.5 Å². The van der Waals surface area contributed by atoms with Crippen LogP contribution in [0.5, 0.6) is 11.5 Å². The highest BCUT2D eigenvalue weighted by atomic mass is 19.1. The smallest absolute Gasteiger partial charge is 0.166 e. The van der Waals surface area contributed by atoms with Gasteiger partial charge in [0.25, 0.3) is 0 Å². The fourth-order valence-corrected chi connectivity index (χ4v) is 4.65. The van der Waals surface area contributed by atoms with E-state index >= 15 is 0 Å². The Labute approximate surface area is 191 Å². The molecule has 32 heavy (non-hydrogen) atoms. The number of ether oxygens (including phenoxy) is 2. The van der Waals surface area contributed by atoms with Crippen molar-refractivity contribution in [3.8, 4) is 11.5 Å². The summed E-state index contributed by atoms with van der Waals surface area (Å²) in [5, 5.41) is 0. The lowest BCUT2D eigenvalue weighted by molar-refractivity contribution is 0.0777. The maximum Gasteiger partial charge on any atom is 0.166 e. The third kappa shape index (κ3) is 5.89. The number of hydrogen-bond acceptors (Lipinski definition) is 4. The average Bonchev–Trinajstić information content (AvgIpc) is 2.84. The van der Waals surface area contributed by atoms with E-state index in [1.54, 1.807) is 26.4 Å². The van der Waals surface area contributed by atoms with Gasteiger partial charge in [0.15, 0.2) is 17.3 Å². The molecular formula is C27H35FNO3. The first-order valence-corrected chi connectivity index (χ1v) is 11.6. The summed E-state index contributed by atoms with van der Waals surface area (Å²) >= 11 is 0. The maximum absolute atomic E-state index is 13.1. The number of methoxy groups -OCH3 is 2.